The molecule has 2 rings (SSSR count). The van der Waals surface area contributed by atoms with Gasteiger partial charge in [0.05, 0.1) is 6.61 Å². The predicted octanol–water partition coefficient (Wildman–Crippen LogP) is 3.91. The van der Waals surface area contributed by atoms with Gasteiger partial charge in [-0.05, 0) is 63.4 Å². The molecule has 1 N–H and O–H groups in total. The zero-order chi connectivity index (χ0) is 18.1. The summed E-state index contributed by atoms with van der Waals surface area (Å²) in [6, 6.07) is 15.8. The van der Waals surface area contributed by atoms with E-state index in [0.29, 0.717) is 18.9 Å². The Labute approximate surface area is 150 Å². The van der Waals surface area contributed by atoms with E-state index < -0.39 is 6.10 Å². The van der Waals surface area contributed by atoms with Crippen molar-refractivity contribution in [3.05, 3.63) is 59.7 Å². The van der Waals surface area contributed by atoms with Gasteiger partial charge in [0.25, 0.3) is 5.91 Å². The maximum absolute atomic E-state index is 12.1. The fourth-order valence-corrected chi connectivity index (χ4v) is 2.44. The SMILES string of the molecule is CCOc1ccc(CCCNC(=O)C(C)Oc2ccc(C)cc2)cc1. The molecule has 0 heterocycles. The Kier molecular flexibility index (Phi) is 7.33. The molecule has 0 aliphatic carbocycles. The molecule has 0 aliphatic heterocycles. The predicted molar refractivity (Wildman–Crippen MR) is 100 cm³/mol. The Bertz CT molecular complexity index is 650. The Morgan fingerprint density at radius 2 is 1.68 bits per heavy atom. The van der Waals surface area contributed by atoms with Crippen LogP contribution in [0.15, 0.2) is 48.5 Å². The fraction of sp³-hybridized carbons (Fsp3) is 0.381. The molecule has 0 aromatic heterocycles. The molecule has 134 valence electrons. The number of rotatable bonds is 9. The molecule has 0 saturated heterocycles. The number of carbonyl (C=O) groups excluding carboxylic acids is 1. The average Bonchev–Trinajstić information content (AvgIpc) is 2.62. The van der Waals surface area contributed by atoms with E-state index in [4.69, 9.17) is 9.47 Å². The highest BCUT2D eigenvalue weighted by atomic mass is 16.5. The second kappa shape index (κ2) is 9.72. The monoisotopic (exact) mass is 341 g/mol. The van der Waals surface area contributed by atoms with E-state index in [1.165, 1.54) is 11.1 Å². The molecular weight excluding hydrogens is 314 g/mol. The number of nitrogens with one attached hydrogen (secondary N) is 1. The molecular formula is C21H27NO3. The number of amides is 1. The number of aryl methyl sites for hydroxylation is 2. The van der Waals surface area contributed by atoms with Crippen LogP contribution in [-0.4, -0.2) is 25.2 Å². The van der Waals surface area contributed by atoms with Crippen LogP contribution in [0.1, 0.15) is 31.4 Å². The van der Waals surface area contributed by atoms with Gasteiger partial charge in [-0.2, -0.15) is 0 Å². The molecule has 1 amide bonds. The number of carbonyl (C=O) groups is 1. The molecule has 0 spiro atoms. The van der Waals surface area contributed by atoms with E-state index in [-0.39, 0.29) is 5.91 Å². The lowest BCUT2D eigenvalue weighted by molar-refractivity contribution is -0.127. The zero-order valence-corrected chi connectivity index (χ0v) is 15.2. The highest BCUT2D eigenvalue weighted by molar-refractivity contribution is 5.80. The van der Waals surface area contributed by atoms with Crippen molar-refractivity contribution >= 4 is 5.91 Å². The molecule has 1 atom stereocenters. The van der Waals surface area contributed by atoms with Crippen molar-refractivity contribution in [3.8, 4) is 11.5 Å². The maximum Gasteiger partial charge on any atom is 0.260 e. The Hall–Kier alpha value is -2.49. The average molecular weight is 341 g/mol. The van der Waals surface area contributed by atoms with E-state index in [2.05, 4.69) is 17.4 Å². The first-order valence-corrected chi connectivity index (χ1v) is 8.81. The summed E-state index contributed by atoms with van der Waals surface area (Å²) >= 11 is 0. The second-order valence-corrected chi connectivity index (χ2v) is 6.04. The van der Waals surface area contributed by atoms with Crippen LogP contribution in [0.25, 0.3) is 0 Å². The highest BCUT2D eigenvalue weighted by Crippen LogP contribution is 2.14. The van der Waals surface area contributed by atoms with Gasteiger partial charge in [0.1, 0.15) is 11.5 Å². The van der Waals surface area contributed by atoms with Crippen LogP contribution in [0.2, 0.25) is 0 Å². The Morgan fingerprint density at radius 1 is 1.04 bits per heavy atom. The molecule has 0 fully saturated rings. The summed E-state index contributed by atoms with van der Waals surface area (Å²) in [6.07, 6.45) is 1.30. The lowest BCUT2D eigenvalue weighted by atomic mass is 10.1. The lowest BCUT2D eigenvalue weighted by Gasteiger charge is -2.15. The molecule has 0 saturated carbocycles. The zero-order valence-electron chi connectivity index (χ0n) is 15.2. The molecule has 1 unspecified atom stereocenters. The summed E-state index contributed by atoms with van der Waals surface area (Å²) in [5.74, 6) is 1.51. The van der Waals surface area contributed by atoms with E-state index in [0.717, 1.165) is 18.6 Å². The molecule has 4 nitrogen and oxygen atoms in total. The maximum atomic E-state index is 12.1. The second-order valence-electron chi connectivity index (χ2n) is 6.04. The number of benzene rings is 2. The van der Waals surface area contributed by atoms with E-state index >= 15 is 0 Å². The van der Waals surface area contributed by atoms with Gasteiger partial charge >= 0.3 is 0 Å². The van der Waals surface area contributed by atoms with Crippen LogP contribution in [0.4, 0.5) is 0 Å². The van der Waals surface area contributed by atoms with E-state index in [1.807, 2.05) is 50.2 Å². The van der Waals surface area contributed by atoms with Gasteiger partial charge in [-0.15, -0.1) is 0 Å². The largest absolute Gasteiger partial charge is 0.494 e. The van der Waals surface area contributed by atoms with Crippen molar-refractivity contribution in [1.82, 2.24) is 5.32 Å². The summed E-state index contributed by atoms with van der Waals surface area (Å²) in [7, 11) is 0. The fourth-order valence-electron chi connectivity index (χ4n) is 2.44. The first-order valence-electron chi connectivity index (χ1n) is 8.81. The molecule has 0 radical (unpaired) electrons. The van der Waals surface area contributed by atoms with Crippen LogP contribution in [0, 0.1) is 6.92 Å². The van der Waals surface area contributed by atoms with Crippen molar-refractivity contribution < 1.29 is 14.3 Å². The summed E-state index contributed by atoms with van der Waals surface area (Å²) < 4.78 is 11.1. The summed E-state index contributed by atoms with van der Waals surface area (Å²) in [5, 5.41) is 2.93. The summed E-state index contributed by atoms with van der Waals surface area (Å²) in [5.41, 5.74) is 2.40. The topological polar surface area (TPSA) is 47.6 Å². The van der Waals surface area contributed by atoms with Crippen molar-refractivity contribution in [1.29, 1.82) is 0 Å². The third-order valence-corrected chi connectivity index (χ3v) is 3.88. The molecule has 2 aromatic rings. The van der Waals surface area contributed by atoms with Gasteiger partial charge < -0.3 is 14.8 Å². The van der Waals surface area contributed by atoms with Crippen LogP contribution in [-0.2, 0) is 11.2 Å². The quantitative estimate of drug-likeness (QED) is 0.704. The number of hydrogen-bond donors (Lipinski definition) is 1. The van der Waals surface area contributed by atoms with Crippen LogP contribution in [0.5, 0.6) is 11.5 Å². The van der Waals surface area contributed by atoms with Crippen LogP contribution in [0.3, 0.4) is 0 Å². The summed E-state index contributed by atoms with van der Waals surface area (Å²) in [4.78, 5) is 12.1. The normalized spacial score (nSPS) is 11.6. The summed E-state index contributed by atoms with van der Waals surface area (Å²) in [6.45, 7) is 7.06. The minimum Gasteiger partial charge on any atom is -0.494 e. The first-order chi connectivity index (χ1) is 12.1. The first kappa shape index (κ1) is 18.8. The standard InChI is InChI=1S/C21H27NO3/c1-4-24-19-13-9-18(10-14-19)6-5-15-22-21(23)17(3)25-20-11-7-16(2)8-12-20/h7-14,17H,4-6,15H2,1-3H3,(H,22,23). The molecule has 0 bridgehead atoms. The molecule has 4 heteroatoms. The van der Waals surface area contributed by atoms with Crippen LogP contribution >= 0.6 is 0 Å². The van der Waals surface area contributed by atoms with Crippen molar-refractivity contribution in [2.24, 2.45) is 0 Å². The van der Waals surface area contributed by atoms with Gasteiger partial charge in [0, 0.05) is 6.54 Å². The van der Waals surface area contributed by atoms with Gasteiger partial charge in [-0.1, -0.05) is 29.8 Å². The van der Waals surface area contributed by atoms with Crippen molar-refractivity contribution in [2.45, 2.75) is 39.7 Å². The third kappa shape index (κ3) is 6.49. The Morgan fingerprint density at radius 3 is 2.32 bits per heavy atom. The van der Waals surface area contributed by atoms with Gasteiger partial charge in [-0.3, -0.25) is 4.79 Å². The van der Waals surface area contributed by atoms with Gasteiger partial charge in [-0.25, -0.2) is 0 Å². The van der Waals surface area contributed by atoms with Crippen molar-refractivity contribution in [2.75, 3.05) is 13.2 Å². The van der Waals surface area contributed by atoms with Crippen molar-refractivity contribution in [3.63, 3.8) is 0 Å². The lowest BCUT2D eigenvalue weighted by Crippen LogP contribution is -2.36. The minimum absolute atomic E-state index is 0.0905. The molecule has 2 aromatic carbocycles. The van der Waals surface area contributed by atoms with Gasteiger partial charge in [0.15, 0.2) is 6.10 Å². The number of ether oxygens (including phenoxy) is 2. The molecule has 25 heavy (non-hydrogen) atoms. The highest BCUT2D eigenvalue weighted by Gasteiger charge is 2.13. The third-order valence-electron chi connectivity index (χ3n) is 3.88. The smallest absolute Gasteiger partial charge is 0.260 e. The number of hydrogen-bond acceptors (Lipinski definition) is 3. The molecule has 0 aliphatic rings. The minimum atomic E-state index is -0.506. The van der Waals surface area contributed by atoms with E-state index in [1.54, 1.807) is 6.92 Å². The van der Waals surface area contributed by atoms with Crippen LogP contribution < -0.4 is 14.8 Å². The van der Waals surface area contributed by atoms with Gasteiger partial charge in [0.2, 0.25) is 0 Å². The Balaban J connectivity index is 1.68. The van der Waals surface area contributed by atoms with E-state index in [9.17, 15) is 4.79 Å².